The summed E-state index contributed by atoms with van der Waals surface area (Å²) in [5, 5.41) is 8.19. The number of amides is 1. The standard InChI is InChI=1S/C18H14N4OS/c23-18(21-20-10-13-4-3-9-24-13)12-22-16-6-2-1-5-14(16)15-7-8-19-11-17(15)22/h1-11H,12H2,(H,21,23)/b20-10+. The Bertz CT molecular complexity index is 980. The van der Waals surface area contributed by atoms with Gasteiger partial charge in [0.15, 0.2) is 0 Å². The van der Waals surface area contributed by atoms with Gasteiger partial charge in [-0.05, 0) is 23.6 Å². The van der Waals surface area contributed by atoms with Gasteiger partial charge in [-0.3, -0.25) is 9.78 Å². The maximum Gasteiger partial charge on any atom is 0.260 e. The molecule has 0 atom stereocenters. The van der Waals surface area contributed by atoms with Gasteiger partial charge in [0.05, 0.1) is 17.9 Å². The third-order valence-corrected chi connectivity index (χ3v) is 4.61. The highest BCUT2D eigenvalue weighted by molar-refractivity contribution is 7.11. The molecule has 118 valence electrons. The normalized spacial score (nSPS) is 11.5. The van der Waals surface area contributed by atoms with Crippen molar-refractivity contribution >= 4 is 45.3 Å². The summed E-state index contributed by atoms with van der Waals surface area (Å²) < 4.78 is 1.97. The Morgan fingerprint density at radius 1 is 1.17 bits per heavy atom. The minimum absolute atomic E-state index is 0.172. The lowest BCUT2D eigenvalue weighted by Gasteiger charge is -2.05. The fourth-order valence-electron chi connectivity index (χ4n) is 2.78. The van der Waals surface area contributed by atoms with Gasteiger partial charge < -0.3 is 4.57 Å². The highest BCUT2D eigenvalue weighted by Crippen LogP contribution is 2.27. The van der Waals surface area contributed by atoms with Crippen molar-refractivity contribution in [2.45, 2.75) is 6.54 Å². The Morgan fingerprint density at radius 3 is 2.92 bits per heavy atom. The number of hydrogen-bond acceptors (Lipinski definition) is 4. The molecule has 4 aromatic rings. The molecule has 24 heavy (non-hydrogen) atoms. The zero-order valence-electron chi connectivity index (χ0n) is 12.7. The van der Waals surface area contributed by atoms with E-state index in [0.717, 1.165) is 26.7 Å². The number of hydrogen-bond donors (Lipinski definition) is 1. The number of nitrogens with one attached hydrogen (secondary N) is 1. The van der Waals surface area contributed by atoms with Crippen molar-refractivity contribution in [2.75, 3.05) is 0 Å². The van der Waals surface area contributed by atoms with Gasteiger partial charge in [0.25, 0.3) is 5.91 Å². The summed E-state index contributed by atoms with van der Waals surface area (Å²) in [5.41, 5.74) is 4.54. The van der Waals surface area contributed by atoms with Crippen LogP contribution in [0.15, 0.2) is 65.3 Å². The van der Waals surface area contributed by atoms with Gasteiger partial charge in [-0.1, -0.05) is 24.3 Å². The molecular formula is C18H14N4OS. The third kappa shape index (κ3) is 2.68. The Morgan fingerprint density at radius 2 is 2.04 bits per heavy atom. The van der Waals surface area contributed by atoms with Crippen molar-refractivity contribution in [3.63, 3.8) is 0 Å². The van der Waals surface area contributed by atoms with Gasteiger partial charge in [-0.2, -0.15) is 5.10 Å². The van der Waals surface area contributed by atoms with Crippen LogP contribution in [-0.4, -0.2) is 21.7 Å². The average Bonchev–Trinajstić information content (AvgIpc) is 3.23. The summed E-state index contributed by atoms with van der Waals surface area (Å²) in [5.74, 6) is -0.172. The van der Waals surface area contributed by atoms with E-state index in [2.05, 4.69) is 21.6 Å². The lowest BCUT2D eigenvalue weighted by atomic mass is 10.2. The average molecular weight is 334 g/mol. The van der Waals surface area contributed by atoms with E-state index in [0.29, 0.717) is 0 Å². The molecule has 5 nitrogen and oxygen atoms in total. The molecule has 1 aromatic carbocycles. The number of carbonyl (C=O) groups is 1. The summed E-state index contributed by atoms with van der Waals surface area (Å²) in [4.78, 5) is 17.5. The molecule has 0 unspecified atom stereocenters. The van der Waals surface area contributed by atoms with E-state index in [4.69, 9.17) is 0 Å². The molecule has 3 aromatic heterocycles. The number of benzene rings is 1. The highest BCUT2D eigenvalue weighted by atomic mass is 32.1. The predicted octanol–water partition coefficient (Wildman–Crippen LogP) is 3.40. The third-order valence-electron chi connectivity index (χ3n) is 3.80. The largest absolute Gasteiger partial charge is 0.330 e. The molecular weight excluding hydrogens is 320 g/mol. The molecule has 1 N–H and O–H groups in total. The quantitative estimate of drug-likeness (QED) is 0.459. The molecule has 0 saturated heterocycles. The smallest absolute Gasteiger partial charge is 0.260 e. The topological polar surface area (TPSA) is 59.3 Å². The molecule has 0 bridgehead atoms. The minimum atomic E-state index is -0.172. The number of aromatic nitrogens is 2. The van der Waals surface area contributed by atoms with Crippen LogP contribution in [0.5, 0.6) is 0 Å². The van der Waals surface area contributed by atoms with Gasteiger partial charge >= 0.3 is 0 Å². The maximum absolute atomic E-state index is 12.3. The van der Waals surface area contributed by atoms with Crippen LogP contribution in [0.1, 0.15) is 4.88 Å². The van der Waals surface area contributed by atoms with Crippen molar-refractivity contribution in [3.8, 4) is 0 Å². The molecule has 0 radical (unpaired) electrons. The van der Waals surface area contributed by atoms with Gasteiger partial charge in [0, 0.05) is 27.4 Å². The number of hydrazone groups is 1. The highest BCUT2D eigenvalue weighted by Gasteiger charge is 2.12. The van der Waals surface area contributed by atoms with Crippen LogP contribution < -0.4 is 5.43 Å². The van der Waals surface area contributed by atoms with Gasteiger partial charge in [-0.25, -0.2) is 5.43 Å². The second kappa shape index (κ2) is 6.25. The van der Waals surface area contributed by atoms with Crippen LogP contribution in [0.4, 0.5) is 0 Å². The number of para-hydroxylation sites is 1. The van der Waals surface area contributed by atoms with E-state index in [1.54, 1.807) is 29.9 Å². The summed E-state index contributed by atoms with van der Waals surface area (Å²) in [6, 6.07) is 13.9. The molecule has 3 heterocycles. The lowest BCUT2D eigenvalue weighted by molar-refractivity contribution is -0.121. The van der Waals surface area contributed by atoms with Crippen LogP contribution in [0.3, 0.4) is 0 Å². The van der Waals surface area contributed by atoms with Crippen LogP contribution >= 0.6 is 11.3 Å². The predicted molar refractivity (Wildman–Crippen MR) is 97.3 cm³/mol. The van der Waals surface area contributed by atoms with Crippen LogP contribution in [0.25, 0.3) is 21.8 Å². The van der Waals surface area contributed by atoms with E-state index in [1.807, 2.05) is 46.3 Å². The molecule has 0 aliphatic heterocycles. The summed E-state index contributed by atoms with van der Waals surface area (Å²) in [7, 11) is 0. The first-order chi connectivity index (χ1) is 11.8. The molecule has 0 fully saturated rings. The van der Waals surface area contributed by atoms with Crippen LogP contribution in [0.2, 0.25) is 0 Å². The Hall–Kier alpha value is -2.99. The van der Waals surface area contributed by atoms with Crippen molar-refractivity contribution < 1.29 is 4.79 Å². The van der Waals surface area contributed by atoms with E-state index in [1.165, 1.54) is 0 Å². The second-order valence-electron chi connectivity index (χ2n) is 5.30. The fraction of sp³-hybridized carbons (Fsp3) is 0.0556. The van der Waals surface area contributed by atoms with Gasteiger partial charge in [0.1, 0.15) is 6.54 Å². The van der Waals surface area contributed by atoms with Crippen molar-refractivity contribution in [3.05, 3.63) is 65.1 Å². The number of rotatable bonds is 4. The SMILES string of the molecule is O=C(Cn1c2ccccc2c2ccncc21)N/N=C/c1cccs1. The monoisotopic (exact) mass is 334 g/mol. The first-order valence-corrected chi connectivity index (χ1v) is 8.37. The summed E-state index contributed by atoms with van der Waals surface area (Å²) >= 11 is 1.57. The number of nitrogens with zero attached hydrogens (tertiary/aromatic N) is 3. The lowest BCUT2D eigenvalue weighted by Crippen LogP contribution is -2.23. The fourth-order valence-corrected chi connectivity index (χ4v) is 3.36. The van der Waals surface area contributed by atoms with Crippen LogP contribution in [-0.2, 0) is 11.3 Å². The van der Waals surface area contributed by atoms with E-state index < -0.39 is 0 Å². The number of thiophene rings is 1. The Balaban J connectivity index is 1.62. The van der Waals surface area contributed by atoms with E-state index in [9.17, 15) is 4.79 Å². The Kier molecular flexibility index (Phi) is 3.80. The second-order valence-corrected chi connectivity index (χ2v) is 6.28. The minimum Gasteiger partial charge on any atom is -0.330 e. The van der Waals surface area contributed by atoms with Crippen molar-refractivity contribution in [1.82, 2.24) is 15.0 Å². The first kappa shape index (κ1) is 14.6. The molecule has 6 heteroatoms. The number of fused-ring (bicyclic) bond motifs is 3. The Labute approximate surface area is 142 Å². The molecule has 0 aliphatic rings. The molecule has 4 rings (SSSR count). The van der Waals surface area contributed by atoms with Gasteiger partial charge in [-0.15, -0.1) is 11.3 Å². The zero-order valence-corrected chi connectivity index (χ0v) is 13.5. The number of pyridine rings is 1. The zero-order chi connectivity index (χ0) is 16.4. The molecule has 0 saturated carbocycles. The maximum atomic E-state index is 12.3. The van der Waals surface area contributed by atoms with Crippen molar-refractivity contribution in [2.24, 2.45) is 5.10 Å². The molecule has 1 amide bonds. The van der Waals surface area contributed by atoms with E-state index >= 15 is 0 Å². The number of carbonyl (C=O) groups excluding carboxylic acids is 1. The first-order valence-electron chi connectivity index (χ1n) is 7.49. The van der Waals surface area contributed by atoms with Crippen LogP contribution in [0, 0.1) is 0 Å². The van der Waals surface area contributed by atoms with Gasteiger partial charge in [0.2, 0.25) is 0 Å². The van der Waals surface area contributed by atoms with Crippen molar-refractivity contribution in [1.29, 1.82) is 0 Å². The summed E-state index contributed by atoms with van der Waals surface area (Å²) in [6.07, 6.45) is 5.21. The molecule has 0 aliphatic carbocycles. The summed E-state index contributed by atoms with van der Waals surface area (Å²) in [6.45, 7) is 0.192. The molecule has 0 spiro atoms. The van der Waals surface area contributed by atoms with E-state index in [-0.39, 0.29) is 12.5 Å².